The predicted octanol–water partition coefficient (Wildman–Crippen LogP) is 10.2. The van der Waals surface area contributed by atoms with Crippen LogP contribution in [0.15, 0.2) is 158 Å². The third kappa shape index (κ3) is 11.9. The first-order valence-electron chi connectivity index (χ1n) is 21.3. The lowest BCUT2D eigenvalue weighted by molar-refractivity contribution is 0.304. The van der Waals surface area contributed by atoms with Crippen molar-refractivity contribution in [2.75, 3.05) is 13.2 Å². The molecule has 0 aliphatic heterocycles. The number of hydrogen-bond donors (Lipinski definition) is 2. The van der Waals surface area contributed by atoms with Gasteiger partial charge in [-0.2, -0.15) is 0 Å². The Bertz CT molecular complexity index is 2610. The van der Waals surface area contributed by atoms with Gasteiger partial charge in [-0.1, -0.05) is 72.5 Å². The molecule has 0 bridgehead atoms. The summed E-state index contributed by atoms with van der Waals surface area (Å²) in [4.78, 5) is 18.0. The van der Waals surface area contributed by atoms with Gasteiger partial charge in [0.25, 0.3) is 0 Å². The highest BCUT2D eigenvalue weighted by Crippen LogP contribution is 2.35. The van der Waals surface area contributed by atoms with Crippen LogP contribution in [0.4, 0.5) is 8.78 Å². The zero-order valence-electron chi connectivity index (χ0n) is 35.4. The second-order valence-electron chi connectivity index (χ2n) is 14.8. The molecule has 2 N–H and O–H groups in total. The predicted molar refractivity (Wildman–Crippen MR) is 248 cm³/mol. The number of nitrogens with zero attached hydrogens (tertiary/aromatic N) is 6. The zero-order valence-corrected chi connectivity index (χ0v) is 35.4. The average molecular weight is 851 g/mol. The number of rotatable bonds is 14. The van der Waals surface area contributed by atoms with Crippen LogP contribution in [0.3, 0.4) is 0 Å². The molecule has 0 unspecified atom stereocenters. The third-order valence-electron chi connectivity index (χ3n) is 10.3. The van der Waals surface area contributed by atoms with Gasteiger partial charge in [0.2, 0.25) is 0 Å². The Kier molecular flexibility index (Phi) is 16.1. The summed E-state index contributed by atoms with van der Waals surface area (Å²) in [5.74, 6) is 12.9. The molecule has 8 aromatic rings. The van der Waals surface area contributed by atoms with Crippen molar-refractivity contribution in [3.05, 3.63) is 193 Å². The Hall–Kier alpha value is -7.50. The maximum absolute atomic E-state index is 13.6. The molecule has 0 spiro atoms. The zero-order chi connectivity index (χ0) is 44.4. The van der Waals surface area contributed by atoms with Crippen molar-refractivity contribution in [2.24, 2.45) is 0 Å². The van der Waals surface area contributed by atoms with Crippen LogP contribution in [0.5, 0.6) is 0 Å². The molecule has 8 nitrogen and oxygen atoms in total. The summed E-state index contributed by atoms with van der Waals surface area (Å²) >= 11 is 0. The van der Waals surface area contributed by atoms with E-state index in [1.807, 2.05) is 60.7 Å². The summed E-state index contributed by atoms with van der Waals surface area (Å²) < 4.78 is 31.4. The Morgan fingerprint density at radius 1 is 0.453 bits per heavy atom. The van der Waals surface area contributed by atoms with Gasteiger partial charge in [-0.15, -0.1) is 0 Å². The van der Waals surface area contributed by atoms with Crippen LogP contribution in [0.2, 0.25) is 0 Å². The number of halogens is 2. The van der Waals surface area contributed by atoms with Gasteiger partial charge in [-0.3, -0.25) is 9.97 Å². The molecule has 10 heteroatoms. The van der Waals surface area contributed by atoms with Gasteiger partial charge in [0.1, 0.15) is 11.6 Å². The van der Waals surface area contributed by atoms with Crippen LogP contribution >= 0.6 is 0 Å². The van der Waals surface area contributed by atoms with Crippen LogP contribution in [0, 0.1) is 35.3 Å². The first-order valence-corrected chi connectivity index (χ1v) is 21.3. The summed E-state index contributed by atoms with van der Waals surface area (Å²) in [5, 5.41) is 18.3. The van der Waals surface area contributed by atoms with Crippen LogP contribution in [-0.4, -0.2) is 52.5 Å². The maximum Gasteiger partial charge on any atom is 0.186 e. The van der Waals surface area contributed by atoms with E-state index >= 15 is 0 Å². The standard InChI is InChI=1S/2C27H24FN3O/c2*28-24-13-11-22(12-14-24)26-27(23-15-17-29-18-16-23)31(25(30-26)10-4-5-20-32)19-6-9-21-7-2-1-3-8-21/h2*1-3,7-8,11-18,32H,5-6,9,19-20H2. The fourth-order valence-corrected chi connectivity index (χ4v) is 7.32. The summed E-state index contributed by atoms with van der Waals surface area (Å²) in [6.45, 7) is 1.46. The number of hydrogen-bond acceptors (Lipinski definition) is 6. The fraction of sp³-hybridized carbons (Fsp3) is 0.185. The molecule has 4 aromatic carbocycles. The number of aryl methyl sites for hydroxylation is 2. The average Bonchev–Trinajstić information content (AvgIpc) is 3.89. The molecular weight excluding hydrogens is 803 g/mol. The van der Waals surface area contributed by atoms with Crippen LogP contribution in [-0.2, 0) is 25.9 Å². The number of benzene rings is 4. The first kappa shape index (κ1) is 44.6. The highest BCUT2D eigenvalue weighted by Gasteiger charge is 2.21. The third-order valence-corrected chi connectivity index (χ3v) is 10.3. The summed E-state index contributed by atoms with van der Waals surface area (Å²) in [7, 11) is 0. The largest absolute Gasteiger partial charge is 0.395 e. The second-order valence-corrected chi connectivity index (χ2v) is 14.8. The van der Waals surface area contributed by atoms with Crippen molar-refractivity contribution in [1.82, 2.24) is 29.1 Å². The smallest absolute Gasteiger partial charge is 0.186 e. The van der Waals surface area contributed by atoms with E-state index in [9.17, 15) is 8.78 Å². The van der Waals surface area contributed by atoms with E-state index in [-0.39, 0.29) is 24.8 Å². The van der Waals surface area contributed by atoms with Gasteiger partial charge < -0.3 is 19.3 Å². The molecule has 320 valence electrons. The first-order chi connectivity index (χ1) is 31.5. The molecule has 0 aliphatic rings. The van der Waals surface area contributed by atoms with E-state index < -0.39 is 0 Å². The van der Waals surface area contributed by atoms with Gasteiger partial charge in [0, 0.05) is 73.0 Å². The van der Waals surface area contributed by atoms with Crippen molar-refractivity contribution in [3.63, 3.8) is 0 Å². The number of imidazole rings is 2. The monoisotopic (exact) mass is 850 g/mol. The van der Waals surface area contributed by atoms with Crippen LogP contribution in [0.1, 0.15) is 48.5 Å². The molecule has 0 radical (unpaired) electrons. The topological polar surface area (TPSA) is 102 Å². The molecule has 0 saturated heterocycles. The lowest BCUT2D eigenvalue weighted by Crippen LogP contribution is -2.05. The Morgan fingerprint density at radius 3 is 1.19 bits per heavy atom. The minimum atomic E-state index is -0.288. The van der Waals surface area contributed by atoms with Crippen LogP contribution < -0.4 is 0 Å². The van der Waals surface area contributed by atoms with Crippen LogP contribution in [0.25, 0.3) is 45.0 Å². The van der Waals surface area contributed by atoms with Gasteiger partial charge in [-0.25, -0.2) is 18.7 Å². The van der Waals surface area contributed by atoms with Crippen molar-refractivity contribution >= 4 is 0 Å². The molecule has 0 aliphatic carbocycles. The van der Waals surface area contributed by atoms with Gasteiger partial charge in [0.15, 0.2) is 11.6 Å². The van der Waals surface area contributed by atoms with E-state index in [1.165, 1.54) is 35.4 Å². The summed E-state index contributed by atoms with van der Waals surface area (Å²) in [6, 6.07) is 41.3. The normalized spacial score (nSPS) is 10.6. The number of pyridine rings is 2. The van der Waals surface area contributed by atoms with Gasteiger partial charge in [-0.05, 0) is 121 Å². The van der Waals surface area contributed by atoms with Gasteiger partial charge >= 0.3 is 0 Å². The number of aromatic nitrogens is 6. The molecule has 4 aromatic heterocycles. The Labute approximate surface area is 373 Å². The van der Waals surface area contributed by atoms with Crippen molar-refractivity contribution in [2.45, 2.75) is 51.6 Å². The summed E-state index contributed by atoms with van der Waals surface area (Å²) in [5.41, 5.74) is 9.53. The quantitative estimate of drug-likeness (QED) is 0.106. The number of aliphatic hydroxyl groups is 2. The minimum absolute atomic E-state index is 0.00372. The molecule has 4 heterocycles. The van der Waals surface area contributed by atoms with Crippen molar-refractivity contribution in [3.8, 4) is 68.7 Å². The van der Waals surface area contributed by atoms with E-state index in [0.29, 0.717) is 24.5 Å². The lowest BCUT2D eigenvalue weighted by Gasteiger charge is -2.12. The molecular formula is C54H48F2N6O2. The Morgan fingerprint density at radius 2 is 0.828 bits per heavy atom. The molecule has 8 rings (SSSR count). The SMILES string of the molecule is OCCC#Cc1nc(-c2ccc(F)cc2)c(-c2ccncc2)n1CCCc1ccccc1.OCCC#Cc1nc(-c2ccc(F)cc2)c(-c2ccncc2)n1CCCc1ccccc1. The Balaban J connectivity index is 0.000000191. The van der Waals surface area contributed by atoms with E-state index in [2.05, 4.69) is 67.0 Å². The highest BCUT2D eigenvalue weighted by molar-refractivity contribution is 5.80. The minimum Gasteiger partial charge on any atom is -0.395 e. The molecule has 0 amide bonds. The molecule has 64 heavy (non-hydrogen) atoms. The summed E-state index contributed by atoms with van der Waals surface area (Å²) in [6.07, 6.45) is 11.5. The van der Waals surface area contributed by atoms with Crippen molar-refractivity contribution < 1.29 is 19.0 Å². The molecule has 0 atom stereocenters. The van der Waals surface area contributed by atoms with Crippen molar-refractivity contribution in [1.29, 1.82) is 0 Å². The lowest BCUT2D eigenvalue weighted by atomic mass is 10.1. The van der Waals surface area contributed by atoms with E-state index in [0.717, 1.165) is 83.8 Å². The maximum atomic E-state index is 13.6. The number of aliphatic hydroxyl groups excluding tert-OH is 2. The van der Waals surface area contributed by atoms with Gasteiger partial charge in [0.05, 0.1) is 36.0 Å². The molecule has 0 saturated carbocycles. The molecule has 0 fully saturated rings. The highest BCUT2D eigenvalue weighted by atomic mass is 19.1. The fourth-order valence-electron chi connectivity index (χ4n) is 7.32. The van der Waals surface area contributed by atoms with E-state index in [4.69, 9.17) is 20.2 Å². The second kappa shape index (κ2) is 23.1. The van der Waals surface area contributed by atoms with E-state index in [1.54, 1.807) is 49.1 Å².